The second-order valence-corrected chi connectivity index (χ2v) is 9.21. The lowest BCUT2D eigenvalue weighted by molar-refractivity contribution is 0.0173. The highest BCUT2D eigenvalue weighted by Gasteiger charge is 2.39. The normalized spacial score (nSPS) is 21.5. The van der Waals surface area contributed by atoms with Crippen molar-refractivity contribution in [3.63, 3.8) is 0 Å². The summed E-state index contributed by atoms with van der Waals surface area (Å²) in [6.07, 6.45) is 6.51. The van der Waals surface area contributed by atoms with Gasteiger partial charge in [-0.3, -0.25) is 9.89 Å². The molecule has 28 heavy (non-hydrogen) atoms. The minimum absolute atomic E-state index is 0.253. The third kappa shape index (κ3) is 5.36. The van der Waals surface area contributed by atoms with Crippen LogP contribution < -0.4 is 15.5 Å². The molecule has 0 radical (unpaired) electrons. The van der Waals surface area contributed by atoms with Gasteiger partial charge in [-0.05, 0) is 58.9 Å². The fourth-order valence-corrected chi connectivity index (χ4v) is 4.99. The molecule has 7 nitrogen and oxygen atoms in total. The molecule has 0 bridgehead atoms. The van der Waals surface area contributed by atoms with Crippen LogP contribution in [-0.2, 0) is 6.54 Å². The Morgan fingerprint density at radius 3 is 2.50 bits per heavy atom. The molecule has 0 saturated carbocycles. The number of rotatable bonds is 6. The zero-order valence-corrected chi connectivity index (χ0v) is 18.8. The fraction of sp³-hybridized carbons (Fsp3) is 0.800. The average molecular weight is 408 g/mol. The lowest BCUT2D eigenvalue weighted by Gasteiger charge is -2.50. The molecular formula is C20H37N7S. The van der Waals surface area contributed by atoms with E-state index in [-0.39, 0.29) is 5.54 Å². The van der Waals surface area contributed by atoms with Crippen LogP contribution in [0.1, 0.15) is 37.8 Å². The molecule has 0 amide bonds. The molecule has 2 saturated heterocycles. The van der Waals surface area contributed by atoms with Crippen LogP contribution in [0, 0.1) is 0 Å². The van der Waals surface area contributed by atoms with Crippen LogP contribution in [0.4, 0.5) is 5.13 Å². The van der Waals surface area contributed by atoms with Crippen molar-refractivity contribution in [3.05, 3.63) is 11.1 Å². The monoisotopic (exact) mass is 407 g/mol. The third-order valence-electron chi connectivity index (χ3n) is 6.11. The van der Waals surface area contributed by atoms with E-state index in [0.29, 0.717) is 6.54 Å². The Balaban J connectivity index is 1.57. The summed E-state index contributed by atoms with van der Waals surface area (Å²) in [5.74, 6) is 0.870. The largest absolute Gasteiger partial charge is 0.355 e. The van der Waals surface area contributed by atoms with Gasteiger partial charge in [-0.15, -0.1) is 11.3 Å². The molecule has 0 aromatic carbocycles. The van der Waals surface area contributed by atoms with Crippen molar-refractivity contribution in [1.82, 2.24) is 25.4 Å². The van der Waals surface area contributed by atoms with Gasteiger partial charge in [0.1, 0.15) is 0 Å². The number of hydrogen-bond acceptors (Lipinski definition) is 6. The van der Waals surface area contributed by atoms with E-state index in [1.54, 1.807) is 11.3 Å². The Kier molecular flexibility index (Phi) is 7.54. The van der Waals surface area contributed by atoms with Gasteiger partial charge in [0.25, 0.3) is 0 Å². The topological polar surface area (TPSA) is 59.0 Å². The van der Waals surface area contributed by atoms with Gasteiger partial charge in [0, 0.05) is 38.6 Å². The molecule has 0 spiro atoms. The van der Waals surface area contributed by atoms with Gasteiger partial charge < -0.3 is 20.4 Å². The molecule has 0 unspecified atom stereocenters. The van der Waals surface area contributed by atoms with Gasteiger partial charge in [-0.25, -0.2) is 4.98 Å². The molecule has 0 atom stereocenters. The van der Waals surface area contributed by atoms with Crippen molar-refractivity contribution < 1.29 is 0 Å². The number of thiazole rings is 1. The molecule has 8 heteroatoms. The molecule has 158 valence electrons. The van der Waals surface area contributed by atoms with E-state index >= 15 is 0 Å². The summed E-state index contributed by atoms with van der Waals surface area (Å²) in [6.45, 7) is 6.49. The quantitative estimate of drug-likeness (QED) is 0.554. The smallest absolute Gasteiger partial charge is 0.191 e. The number of anilines is 1. The number of hydrogen-bond donors (Lipinski definition) is 2. The summed E-state index contributed by atoms with van der Waals surface area (Å²) in [7, 11) is 8.14. The van der Waals surface area contributed by atoms with Gasteiger partial charge in [0.2, 0.25) is 0 Å². The molecule has 2 N–H and O–H groups in total. The maximum Gasteiger partial charge on any atom is 0.191 e. The van der Waals surface area contributed by atoms with E-state index in [1.165, 1.54) is 58.3 Å². The SMILES string of the molecule is CN=C(NCc1csc(N(C)C)n1)NCC1(N2CCCCC2)CCN(C)CC1. The van der Waals surface area contributed by atoms with Crippen LogP contribution in [0.15, 0.2) is 10.4 Å². The first kappa shape index (κ1) is 21.3. The van der Waals surface area contributed by atoms with E-state index < -0.39 is 0 Å². The molecule has 3 heterocycles. The Bertz CT molecular complexity index is 628. The summed E-state index contributed by atoms with van der Waals surface area (Å²) in [4.78, 5) is 16.4. The van der Waals surface area contributed by atoms with Crippen molar-refractivity contribution >= 4 is 22.4 Å². The standard InChI is InChI=1S/C20H37N7S/c1-21-18(22-14-17-15-28-19(24-17)25(2)3)23-16-20(8-12-26(4)13-9-20)27-10-6-5-7-11-27/h15H,5-14,16H2,1-4H3,(H2,21,22,23). The maximum atomic E-state index is 4.65. The van der Waals surface area contributed by atoms with Crippen molar-refractivity contribution in [2.24, 2.45) is 4.99 Å². The Morgan fingerprint density at radius 1 is 1.18 bits per heavy atom. The zero-order chi connectivity index (χ0) is 20.0. The van der Waals surface area contributed by atoms with Crippen molar-refractivity contribution in [1.29, 1.82) is 0 Å². The lowest BCUT2D eigenvalue weighted by atomic mass is 9.84. The highest BCUT2D eigenvalue weighted by Crippen LogP contribution is 2.30. The fourth-order valence-electron chi connectivity index (χ4n) is 4.23. The van der Waals surface area contributed by atoms with Gasteiger partial charge in [0.15, 0.2) is 11.1 Å². The minimum atomic E-state index is 0.253. The van der Waals surface area contributed by atoms with Crippen molar-refractivity contribution in [2.75, 3.05) is 65.8 Å². The number of likely N-dealkylation sites (tertiary alicyclic amines) is 2. The summed E-state index contributed by atoms with van der Waals surface area (Å²) in [6, 6.07) is 0. The van der Waals surface area contributed by atoms with Crippen LogP contribution >= 0.6 is 11.3 Å². The summed E-state index contributed by atoms with van der Waals surface area (Å²) in [5, 5.41) is 10.2. The highest BCUT2D eigenvalue weighted by molar-refractivity contribution is 7.13. The third-order valence-corrected chi connectivity index (χ3v) is 7.17. The van der Waals surface area contributed by atoms with E-state index in [9.17, 15) is 0 Å². The number of aromatic nitrogens is 1. The Morgan fingerprint density at radius 2 is 1.89 bits per heavy atom. The molecule has 0 aliphatic carbocycles. The molecule has 3 rings (SSSR count). The Labute approximate surface area is 174 Å². The van der Waals surface area contributed by atoms with Gasteiger partial charge in [0.05, 0.1) is 12.2 Å². The summed E-state index contributed by atoms with van der Waals surface area (Å²) >= 11 is 1.67. The number of guanidine groups is 1. The molecule has 2 aliphatic rings. The number of nitrogens with zero attached hydrogens (tertiary/aromatic N) is 5. The molecule has 1 aromatic rings. The number of nitrogens with one attached hydrogen (secondary N) is 2. The van der Waals surface area contributed by atoms with Crippen LogP contribution in [-0.4, -0.2) is 87.2 Å². The first-order valence-electron chi connectivity index (χ1n) is 10.5. The Hall–Kier alpha value is -1.38. The number of aliphatic imine (C=N–C) groups is 1. The summed E-state index contributed by atoms with van der Waals surface area (Å²) < 4.78 is 0. The molecule has 1 aromatic heterocycles. The first-order chi connectivity index (χ1) is 13.5. The van der Waals surface area contributed by atoms with Gasteiger partial charge in [-0.2, -0.15) is 0 Å². The van der Waals surface area contributed by atoms with Gasteiger partial charge in [-0.1, -0.05) is 6.42 Å². The lowest BCUT2D eigenvalue weighted by Crippen LogP contribution is -2.62. The van der Waals surface area contributed by atoms with Crippen LogP contribution in [0.2, 0.25) is 0 Å². The predicted octanol–water partition coefficient (Wildman–Crippen LogP) is 1.82. The minimum Gasteiger partial charge on any atom is -0.355 e. The van der Waals surface area contributed by atoms with Crippen LogP contribution in [0.25, 0.3) is 0 Å². The highest BCUT2D eigenvalue weighted by atomic mass is 32.1. The van der Waals surface area contributed by atoms with E-state index in [1.807, 2.05) is 26.0 Å². The van der Waals surface area contributed by atoms with Crippen molar-refractivity contribution in [3.8, 4) is 0 Å². The second kappa shape index (κ2) is 9.89. The van der Waals surface area contributed by atoms with E-state index in [4.69, 9.17) is 0 Å². The first-order valence-corrected chi connectivity index (χ1v) is 11.4. The van der Waals surface area contributed by atoms with E-state index in [0.717, 1.165) is 23.3 Å². The average Bonchev–Trinajstić information content (AvgIpc) is 3.20. The predicted molar refractivity (Wildman–Crippen MR) is 120 cm³/mol. The second-order valence-electron chi connectivity index (χ2n) is 8.37. The molecule has 2 fully saturated rings. The number of piperidine rings is 2. The molecule has 2 aliphatic heterocycles. The van der Waals surface area contributed by atoms with E-state index in [2.05, 4.69) is 42.8 Å². The van der Waals surface area contributed by atoms with Crippen molar-refractivity contribution in [2.45, 2.75) is 44.2 Å². The van der Waals surface area contributed by atoms with Crippen LogP contribution in [0.3, 0.4) is 0 Å². The van der Waals surface area contributed by atoms with Gasteiger partial charge >= 0.3 is 0 Å². The van der Waals surface area contributed by atoms with Crippen LogP contribution in [0.5, 0.6) is 0 Å². The maximum absolute atomic E-state index is 4.65. The molecular weight excluding hydrogens is 370 g/mol. The zero-order valence-electron chi connectivity index (χ0n) is 18.0. The summed E-state index contributed by atoms with van der Waals surface area (Å²) in [5.41, 5.74) is 1.31.